The molecular weight excluding hydrogens is 424 g/mol. The molecule has 3 aromatic carbocycles. The number of benzene rings is 3. The Balaban J connectivity index is 1.96. The number of carboxylic acids is 1. The molecule has 0 saturated carbocycles. The van der Waals surface area contributed by atoms with Gasteiger partial charge in [-0.3, -0.25) is 4.79 Å². The van der Waals surface area contributed by atoms with Crippen LogP contribution in [0.4, 0.5) is 8.78 Å². The largest absolute Gasteiger partial charge is 0.481 e. The van der Waals surface area contributed by atoms with Crippen LogP contribution in [-0.4, -0.2) is 23.5 Å². The zero-order valence-corrected chi connectivity index (χ0v) is 16.9. The van der Waals surface area contributed by atoms with E-state index in [4.69, 9.17) is 5.11 Å². The quantitative estimate of drug-likeness (QED) is 0.465. The fourth-order valence-corrected chi connectivity index (χ4v) is 5.25. The molecule has 0 saturated heterocycles. The molecule has 0 aliphatic rings. The first-order chi connectivity index (χ1) is 14.8. The van der Waals surface area contributed by atoms with Crippen LogP contribution < -0.4 is 0 Å². The van der Waals surface area contributed by atoms with Gasteiger partial charge in [-0.2, -0.15) is 0 Å². The summed E-state index contributed by atoms with van der Waals surface area (Å²) in [6.45, 7) is 0. The van der Waals surface area contributed by atoms with Gasteiger partial charge in [0.05, 0.1) is 5.52 Å². The smallest absolute Gasteiger partial charge is 0.303 e. The maximum absolute atomic E-state index is 14.9. The van der Waals surface area contributed by atoms with E-state index in [1.165, 1.54) is 24.4 Å². The van der Waals surface area contributed by atoms with Crippen LogP contribution in [0.2, 0.25) is 0 Å². The molecule has 1 N–H and O–H groups in total. The van der Waals surface area contributed by atoms with Gasteiger partial charge in [0.2, 0.25) is 0 Å². The molecule has 0 atom stereocenters. The lowest BCUT2D eigenvalue weighted by Gasteiger charge is -2.13. The number of fused-ring (bicyclic) bond motifs is 1. The maximum Gasteiger partial charge on any atom is 0.303 e. The van der Waals surface area contributed by atoms with Crippen molar-refractivity contribution >= 4 is 26.9 Å². The second kappa shape index (κ2) is 7.96. The molecule has 0 aliphatic carbocycles. The third-order valence-corrected chi connectivity index (χ3v) is 6.74. The summed E-state index contributed by atoms with van der Waals surface area (Å²) in [5.74, 6) is -2.58. The number of aryl methyl sites for hydroxylation is 1. The number of aliphatic carboxylic acids is 1. The van der Waals surface area contributed by atoms with Crippen LogP contribution in [0.5, 0.6) is 0 Å². The second-order valence-electron chi connectivity index (χ2n) is 6.99. The van der Waals surface area contributed by atoms with Crippen LogP contribution in [-0.2, 0) is 21.2 Å². The van der Waals surface area contributed by atoms with Crippen LogP contribution in [0.25, 0.3) is 22.0 Å². The van der Waals surface area contributed by atoms with E-state index in [1.54, 1.807) is 30.3 Å². The van der Waals surface area contributed by atoms with Crippen molar-refractivity contribution in [3.8, 4) is 11.1 Å². The minimum Gasteiger partial charge on any atom is -0.481 e. The van der Waals surface area contributed by atoms with Gasteiger partial charge in [0.1, 0.15) is 16.5 Å². The Morgan fingerprint density at radius 3 is 2.42 bits per heavy atom. The monoisotopic (exact) mass is 441 g/mol. The molecule has 158 valence electrons. The molecule has 0 radical (unpaired) electrons. The van der Waals surface area contributed by atoms with Crippen LogP contribution in [0.3, 0.4) is 0 Å². The lowest BCUT2D eigenvalue weighted by Crippen LogP contribution is -2.15. The van der Waals surface area contributed by atoms with Gasteiger partial charge < -0.3 is 5.11 Å². The number of carboxylic acid groups (broad SMARTS) is 1. The predicted molar refractivity (Wildman–Crippen MR) is 112 cm³/mol. The first-order valence-electron chi connectivity index (χ1n) is 9.40. The SMILES string of the molecule is O=C(O)CCc1cn(S(=O)(=O)c2c(F)cccc2-c2ccccc2)c2ccc(F)cc12. The van der Waals surface area contributed by atoms with Crippen LogP contribution >= 0.6 is 0 Å². The van der Waals surface area contributed by atoms with Gasteiger partial charge in [-0.05, 0) is 41.8 Å². The van der Waals surface area contributed by atoms with E-state index in [0.717, 1.165) is 22.2 Å². The van der Waals surface area contributed by atoms with E-state index in [0.29, 0.717) is 11.1 Å². The van der Waals surface area contributed by atoms with Crippen molar-refractivity contribution in [2.75, 3.05) is 0 Å². The van der Waals surface area contributed by atoms with E-state index >= 15 is 0 Å². The van der Waals surface area contributed by atoms with Gasteiger partial charge in [-0.15, -0.1) is 0 Å². The predicted octanol–water partition coefficient (Wildman–Crippen LogP) is 4.84. The fraction of sp³-hybridized carbons (Fsp3) is 0.0870. The number of carbonyl (C=O) groups is 1. The highest BCUT2D eigenvalue weighted by Crippen LogP contribution is 2.34. The summed E-state index contributed by atoms with van der Waals surface area (Å²) in [4.78, 5) is 10.5. The fourth-order valence-electron chi connectivity index (χ4n) is 3.59. The van der Waals surface area contributed by atoms with Crippen LogP contribution in [0, 0.1) is 11.6 Å². The van der Waals surface area contributed by atoms with E-state index in [2.05, 4.69) is 0 Å². The van der Waals surface area contributed by atoms with Crippen molar-refractivity contribution in [2.45, 2.75) is 17.7 Å². The third kappa shape index (κ3) is 3.82. The summed E-state index contributed by atoms with van der Waals surface area (Å²) in [6.07, 6.45) is 0.981. The van der Waals surface area contributed by atoms with E-state index < -0.39 is 32.5 Å². The summed E-state index contributed by atoms with van der Waals surface area (Å²) in [7, 11) is -4.43. The summed E-state index contributed by atoms with van der Waals surface area (Å²) >= 11 is 0. The number of hydrogen-bond donors (Lipinski definition) is 1. The highest BCUT2D eigenvalue weighted by molar-refractivity contribution is 7.90. The summed E-state index contributed by atoms with van der Waals surface area (Å²) in [5.41, 5.74) is 1.20. The maximum atomic E-state index is 14.9. The topological polar surface area (TPSA) is 76.4 Å². The summed E-state index contributed by atoms with van der Waals surface area (Å²) in [5, 5.41) is 9.26. The van der Waals surface area contributed by atoms with Crippen molar-refractivity contribution < 1.29 is 27.1 Å². The Morgan fingerprint density at radius 1 is 0.968 bits per heavy atom. The third-order valence-electron chi connectivity index (χ3n) is 4.99. The Bertz CT molecular complexity index is 1400. The van der Waals surface area contributed by atoms with Gasteiger partial charge in [0.15, 0.2) is 0 Å². The second-order valence-corrected chi connectivity index (χ2v) is 8.74. The molecule has 8 heteroatoms. The number of hydrogen-bond acceptors (Lipinski definition) is 3. The number of aromatic nitrogens is 1. The number of nitrogens with zero attached hydrogens (tertiary/aromatic N) is 1. The van der Waals surface area contributed by atoms with Crippen molar-refractivity contribution in [2.24, 2.45) is 0 Å². The van der Waals surface area contributed by atoms with Crippen molar-refractivity contribution in [3.63, 3.8) is 0 Å². The average molecular weight is 441 g/mol. The Hall–Kier alpha value is -3.52. The Labute approximate surface area is 177 Å². The highest BCUT2D eigenvalue weighted by Gasteiger charge is 2.28. The Kier molecular flexibility index (Phi) is 5.32. The van der Waals surface area contributed by atoms with E-state index in [9.17, 15) is 22.0 Å². The Morgan fingerprint density at radius 2 is 1.71 bits per heavy atom. The van der Waals surface area contributed by atoms with E-state index in [1.807, 2.05) is 0 Å². The minimum absolute atomic E-state index is 0.000616. The standard InChI is InChI=1S/C23H17F2NO4S/c24-17-10-11-21-19(13-17)16(9-12-22(27)28)14-26(21)31(29,30)23-18(7-4-8-20(23)25)15-5-2-1-3-6-15/h1-8,10-11,13-14H,9,12H2,(H,27,28). The molecule has 0 unspecified atom stereocenters. The normalized spacial score (nSPS) is 11.7. The van der Waals surface area contributed by atoms with Crippen LogP contribution in [0.15, 0.2) is 77.8 Å². The first kappa shape index (κ1) is 20.7. The molecule has 0 bridgehead atoms. The number of halogens is 2. The summed E-state index contributed by atoms with van der Waals surface area (Å²) < 4.78 is 56.9. The molecular formula is C23H17F2NO4S. The molecule has 0 aliphatic heterocycles. The number of rotatable bonds is 6. The van der Waals surface area contributed by atoms with Gasteiger partial charge >= 0.3 is 5.97 Å². The van der Waals surface area contributed by atoms with Gasteiger partial charge in [-0.1, -0.05) is 42.5 Å². The lowest BCUT2D eigenvalue weighted by atomic mass is 10.1. The molecule has 0 fully saturated rings. The van der Waals surface area contributed by atoms with Crippen molar-refractivity contribution in [1.82, 2.24) is 3.97 Å². The minimum atomic E-state index is -4.43. The van der Waals surface area contributed by atoms with E-state index in [-0.39, 0.29) is 29.3 Å². The molecule has 1 heterocycles. The average Bonchev–Trinajstić information content (AvgIpc) is 3.11. The molecule has 4 rings (SSSR count). The molecule has 0 spiro atoms. The van der Waals surface area contributed by atoms with Gasteiger partial charge in [-0.25, -0.2) is 21.2 Å². The van der Waals surface area contributed by atoms with Crippen molar-refractivity contribution in [1.29, 1.82) is 0 Å². The molecule has 0 amide bonds. The summed E-state index contributed by atoms with van der Waals surface area (Å²) in [6, 6.07) is 16.1. The molecule has 4 aromatic rings. The molecule has 31 heavy (non-hydrogen) atoms. The molecule has 1 aromatic heterocycles. The highest BCUT2D eigenvalue weighted by atomic mass is 32.2. The lowest BCUT2D eigenvalue weighted by molar-refractivity contribution is -0.136. The van der Waals surface area contributed by atoms with Crippen molar-refractivity contribution in [3.05, 3.63) is 90.1 Å². The molecule has 5 nitrogen and oxygen atoms in total. The first-order valence-corrected chi connectivity index (χ1v) is 10.8. The van der Waals surface area contributed by atoms with Gasteiger partial charge in [0.25, 0.3) is 10.0 Å². The zero-order valence-electron chi connectivity index (χ0n) is 16.1. The zero-order chi connectivity index (χ0) is 22.2. The van der Waals surface area contributed by atoms with Crippen LogP contribution in [0.1, 0.15) is 12.0 Å². The van der Waals surface area contributed by atoms with Gasteiger partial charge in [0, 0.05) is 23.6 Å².